The summed E-state index contributed by atoms with van der Waals surface area (Å²) in [7, 11) is -4.52. The lowest BCUT2D eigenvalue weighted by atomic mass is 9.91. The zero-order valence-corrected chi connectivity index (χ0v) is 26.5. The van der Waals surface area contributed by atoms with Crippen LogP contribution in [0.25, 0.3) is 5.52 Å². The van der Waals surface area contributed by atoms with Gasteiger partial charge in [-0.3, -0.25) is 14.2 Å². The van der Waals surface area contributed by atoms with Crippen molar-refractivity contribution in [3.8, 4) is 5.75 Å². The maximum Gasteiger partial charge on any atom is 0.459 e. The molecule has 6 rings (SSSR count). The number of carbonyl (C=O) groups is 1. The van der Waals surface area contributed by atoms with E-state index in [1.807, 2.05) is 0 Å². The Morgan fingerprint density at radius 3 is 2.60 bits per heavy atom. The highest BCUT2D eigenvalue weighted by atomic mass is 31.2. The average molecular weight is 685 g/mol. The third-order valence-electron chi connectivity index (χ3n) is 9.16. The van der Waals surface area contributed by atoms with Gasteiger partial charge in [0.25, 0.3) is 0 Å². The van der Waals surface area contributed by atoms with Gasteiger partial charge in [-0.15, -0.1) is 0 Å². The number of ether oxygens (including phenoxy) is 2. The monoisotopic (exact) mass is 684 g/mol. The minimum absolute atomic E-state index is 0.0317. The van der Waals surface area contributed by atoms with Crippen molar-refractivity contribution in [3.05, 3.63) is 54.5 Å². The van der Waals surface area contributed by atoms with E-state index in [9.17, 15) is 32.7 Å². The maximum atomic E-state index is 14.3. The van der Waals surface area contributed by atoms with Gasteiger partial charge >= 0.3 is 19.9 Å². The summed E-state index contributed by atoms with van der Waals surface area (Å²) in [6.07, 6.45) is -3.67. The number of hydrogen-bond donors (Lipinski definition) is 4. The van der Waals surface area contributed by atoms with Crippen molar-refractivity contribution < 1.29 is 51.3 Å². The second-order valence-electron chi connectivity index (χ2n) is 12.4. The molecule has 18 heteroatoms. The fourth-order valence-electron chi connectivity index (χ4n) is 6.44. The molecule has 5 N–H and O–H groups in total. The van der Waals surface area contributed by atoms with Gasteiger partial charge in [-0.1, -0.05) is 18.2 Å². The largest absolute Gasteiger partial charge is 0.464 e. The molecule has 2 aliphatic heterocycles. The molecule has 2 saturated heterocycles. The van der Waals surface area contributed by atoms with Crippen molar-refractivity contribution in [2.45, 2.75) is 61.8 Å². The molecule has 3 aliphatic rings. The predicted octanol–water partition coefficient (Wildman–Crippen LogP) is 2.40. The van der Waals surface area contributed by atoms with Crippen LogP contribution < -0.4 is 15.3 Å². The van der Waals surface area contributed by atoms with E-state index in [2.05, 4.69) is 15.2 Å². The number of nitrogens with zero attached hydrogens (tertiary/aromatic N) is 4. The molecule has 1 saturated carbocycles. The minimum Gasteiger partial charge on any atom is -0.464 e. The first-order valence-electron chi connectivity index (χ1n) is 15.0. The molecule has 4 heterocycles. The van der Waals surface area contributed by atoms with Crippen LogP contribution in [0, 0.1) is 5.92 Å². The molecule has 47 heavy (non-hydrogen) atoms. The lowest BCUT2D eigenvalue weighted by Crippen LogP contribution is -2.47. The zero-order valence-electron chi connectivity index (χ0n) is 25.6. The summed E-state index contributed by atoms with van der Waals surface area (Å²) in [4.78, 5) is 18.2. The van der Waals surface area contributed by atoms with Crippen molar-refractivity contribution in [3.63, 3.8) is 0 Å². The number of rotatable bonds is 11. The smallest absolute Gasteiger partial charge is 0.459 e. The molecule has 0 amide bonds. The number of fused-ring (bicyclic) bond motifs is 2. The molecule has 256 valence electrons. The topological polar surface area (TPSA) is 183 Å². The number of hydrogen-bond acceptors (Lipinski definition) is 12. The SMILES string of the molecule is C[C@H](NP(=O)(Oc1ccccc1)OC1[C@]2(O)[C@](O)(c3ccc4c(N)ncnn34)CO[C@]12C)C(=O)OCC1CCN(CC(F)(F)F)CC1. The van der Waals surface area contributed by atoms with Crippen LogP contribution in [0.2, 0.25) is 0 Å². The molecule has 6 atom stereocenters. The fourth-order valence-corrected chi connectivity index (χ4v) is 8.21. The molecule has 1 aliphatic carbocycles. The number of nitrogens with one attached hydrogen (secondary N) is 1. The third-order valence-corrected chi connectivity index (χ3v) is 10.8. The Kier molecular flexibility index (Phi) is 8.56. The fraction of sp³-hybridized carbons (Fsp3) is 0.552. The van der Waals surface area contributed by atoms with Gasteiger partial charge in [0.1, 0.15) is 35.3 Å². The van der Waals surface area contributed by atoms with Crippen LogP contribution in [-0.4, -0.2) is 98.1 Å². The van der Waals surface area contributed by atoms with E-state index < -0.39 is 55.4 Å². The van der Waals surface area contributed by atoms with E-state index in [0.29, 0.717) is 18.4 Å². The number of anilines is 1. The molecule has 3 aromatic rings. The van der Waals surface area contributed by atoms with Crippen LogP contribution in [-0.2, 0) is 29.0 Å². The van der Waals surface area contributed by atoms with Gasteiger partial charge in [0, 0.05) is 0 Å². The van der Waals surface area contributed by atoms with Crippen LogP contribution in [0.4, 0.5) is 19.0 Å². The summed E-state index contributed by atoms with van der Waals surface area (Å²) in [5.41, 5.74) is 0.668. The van der Waals surface area contributed by atoms with E-state index in [-0.39, 0.29) is 49.5 Å². The third kappa shape index (κ3) is 6.09. The highest BCUT2D eigenvalue weighted by Gasteiger charge is 2.90. The molecular weight excluding hydrogens is 648 g/mol. The number of aromatic nitrogens is 3. The molecule has 2 aromatic heterocycles. The second kappa shape index (κ2) is 12.0. The van der Waals surface area contributed by atoms with Gasteiger partial charge in [0.2, 0.25) is 0 Å². The summed E-state index contributed by atoms with van der Waals surface area (Å²) in [6.45, 7) is 1.94. The molecule has 1 aromatic carbocycles. The number of benzene rings is 1. The quantitative estimate of drug-likeness (QED) is 0.171. The normalized spacial score (nSPS) is 30.1. The van der Waals surface area contributed by atoms with E-state index in [0.717, 1.165) is 0 Å². The number of likely N-dealkylation sites (tertiary alicyclic amines) is 1. The van der Waals surface area contributed by atoms with Gasteiger partial charge in [-0.05, 0) is 70.0 Å². The number of nitrogen functional groups attached to an aromatic ring is 1. The van der Waals surface area contributed by atoms with Crippen LogP contribution in [0.3, 0.4) is 0 Å². The van der Waals surface area contributed by atoms with E-state index >= 15 is 0 Å². The molecule has 2 unspecified atom stereocenters. The summed E-state index contributed by atoms with van der Waals surface area (Å²) in [6, 6.07) is 9.84. The second-order valence-corrected chi connectivity index (χ2v) is 14.0. The van der Waals surface area contributed by atoms with E-state index in [1.54, 1.807) is 24.3 Å². The van der Waals surface area contributed by atoms with Crippen molar-refractivity contribution in [2.75, 3.05) is 38.6 Å². The number of nitrogens with two attached hydrogens (primary N) is 1. The number of esters is 1. The van der Waals surface area contributed by atoms with Crippen molar-refractivity contribution >= 4 is 25.1 Å². The molecular formula is C29H36F3N6O8P. The molecule has 14 nitrogen and oxygen atoms in total. The Bertz CT molecular complexity index is 1670. The van der Waals surface area contributed by atoms with Crippen LogP contribution in [0.15, 0.2) is 48.8 Å². The Hall–Kier alpha value is -3.31. The first-order valence-corrected chi connectivity index (χ1v) is 16.6. The highest BCUT2D eigenvalue weighted by Crippen LogP contribution is 2.69. The summed E-state index contributed by atoms with van der Waals surface area (Å²) in [5, 5.41) is 30.6. The van der Waals surface area contributed by atoms with Gasteiger partial charge in [-0.2, -0.15) is 23.4 Å². The van der Waals surface area contributed by atoms with E-state index in [1.165, 1.54) is 47.8 Å². The summed E-state index contributed by atoms with van der Waals surface area (Å²) < 4.78 is 76.8. The van der Waals surface area contributed by atoms with Crippen molar-refractivity contribution in [1.82, 2.24) is 24.6 Å². The number of halogens is 3. The van der Waals surface area contributed by atoms with Crippen molar-refractivity contribution in [2.24, 2.45) is 5.92 Å². The highest BCUT2D eigenvalue weighted by molar-refractivity contribution is 7.52. The van der Waals surface area contributed by atoms with Crippen LogP contribution >= 0.6 is 7.75 Å². The van der Waals surface area contributed by atoms with Crippen LogP contribution in [0.5, 0.6) is 5.75 Å². The Labute approximate surface area is 267 Å². The molecule has 0 spiro atoms. The number of aliphatic hydroxyl groups is 2. The Morgan fingerprint density at radius 2 is 1.91 bits per heavy atom. The lowest BCUT2D eigenvalue weighted by molar-refractivity contribution is -0.151. The first-order chi connectivity index (χ1) is 22.1. The van der Waals surface area contributed by atoms with Gasteiger partial charge in [-0.25, -0.2) is 14.1 Å². The zero-order chi connectivity index (χ0) is 33.8. The Morgan fingerprint density at radius 1 is 1.21 bits per heavy atom. The summed E-state index contributed by atoms with van der Waals surface area (Å²) >= 11 is 0. The van der Waals surface area contributed by atoms with Crippen LogP contribution in [0.1, 0.15) is 32.4 Å². The number of piperidine rings is 1. The molecule has 3 fully saturated rings. The standard InChI is InChI=1S/C29H36F3N6O8P/c1-18(24(39)43-14-19-10-12-37(13-11-19)15-28(30,31)32)36-47(42,45-20-6-4-3-5-7-20)46-25-26(2)29(25,41)27(40,16-44-26)22-9-8-21-23(33)34-17-35-38(21)22/h3-9,17-19,25,40-41H,10-16H2,1-2H3,(H,36,42)(H2,33,34,35)/t18-,25?,26+,27+,29+,47?/m0/s1. The minimum atomic E-state index is -4.52. The average Bonchev–Trinajstić information content (AvgIpc) is 3.29. The Balaban J connectivity index is 1.16. The van der Waals surface area contributed by atoms with Gasteiger partial charge in [0.05, 0.1) is 25.5 Å². The van der Waals surface area contributed by atoms with Crippen molar-refractivity contribution in [1.29, 1.82) is 0 Å². The number of alkyl halides is 3. The molecule has 0 radical (unpaired) electrons. The first kappa shape index (κ1) is 33.6. The maximum absolute atomic E-state index is 14.3. The van der Waals surface area contributed by atoms with Gasteiger partial charge < -0.3 is 29.9 Å². The number of para-hydroxylation sites is 1. The van der Waals surface area contributed by atoms with Gasteiger partial charge in [0.15, 0.2) is 17.0 Å². The number of carbonyl (C=O) groups excluding carboxylic acids is 1. The van der Waals surface area contributed by atoms with E-state index in [4.69, 9.17) is 24.3 Å². The lowest BCUT2D eigenvalue weighted by Gasteiger charge is -2.32. The molecule has 0 bridgehead atoms. The predicted molar refractivity (Wildman–Crippen MR) is 159 cm³/mol. The summed E-state index contributed by atoms with van der Waals surface area (Å²) in [5.74, 6) is -0.669.